The molecule has 3 N–H and O–H groups in total. The summed E-state index contributed by atoms with van der Waals surface area (Å²) in [5, 5.41) is 0. The van der Waals surface area contributed by atoms with E-state index in [1.54, 1.807) is 0 Å². The molecule has 0 unspecified atom stereocenters. The summed E-state index contributed by atoms with van der Waals surface area (Å²) in [4.78, 5) is 0. The summed E-state index contributed by atoms with van der Waals surface area (Å²) in [6.45, 7) is 0. The van der Waals surface area contributed by atoms with Crippen LogP contribution in [-0.4, -0.2) is 0 Å². The molecule has 0 aliphatic heterocycles. The summed E-state index contributed by atoms with van der Waals surface area (Å²) in [6.07, 6.45) is 9.00. The molecule has 68 valence electrons. The molecular weight excluding hydrogens is 122 g/mol. The molecule has 0 amide bonds. The number of hydrogen-bond donors (Lipinski definition) is 1. The van der Waals surface area contributed by atoms with Gasteiger partial charge in [-0.2, -0.15) is 0 Å². The lowest BCUT2D eigenvalue weighted by Gasteiger charge is -1.05. The molecule has 2 aliphatic carbocycles. The van der Waals surface area contributed by atoms with Gasteiger partial charge >= 0.3 is 0 Å². The van der Waals surface area contributed by atoms with Gasteiger partial charge in [0.1, 0.15) is 0 Å². The van der Waals surface area contributed by atoms with Gasteiger partial charge in [0.2, 0.25) is 0 Å². The molecule has 0 spiro atoms. The molecule has 2 aliphatic rings. The third kappa shape index (κ3) is 100. The van der Waals surface area contributed by atoms with Crippen molar-refractivity contribution in [1.82, 2.24) is 6.15 Å². The highest BCUT2D eigenvalue weighted by atomic mass is 14.0. The molecule has 0 heterocycles. The van der Waals surface area contributed by atoms with Gasteiger partial charge in [0, 0.05) is 0 Å². The molecular formula is C9H27N. The minimum atomic E-state index is 0. The largest absolute Gasteiger partial charge is 0.344 e. The van der Waals surface area contributed by atoms with Crippen LogP contribution in [0.15, 0.2) is 0 Å². The third-order valence-electron chi connectivity index (χ3n) is 0.707. The highest BCUT2D eigenvalue weighted by molar-refractivity contribution is 4.51. The first-order valence-electron chi connectivity index (χ1n) is 3.00. The predicted molar refractivity (Wildman–Crippen MR) is 52.9 cm³/mol. The van der Waals surface area contributed by atoms with Crippen LogP contribution in [0.2, 0.25) is 0 Å². The Hall–Kier alpha value is -0.0400. The highest BCUT2D eigenvalue weighted by Crippen LogP contribution is 2.15. The van der Waals surface area contributed by atoms with Crippen molar-refractivity contribution in [1.29, 1.82) is 0 Å². The van der Waals surface area contributed by atoms with Gasteiger partial charge in [0.05, 0.1) is 0 Å². The molecule has 1 heteroatoms. The zero-order valence-electron chi connectivity index (χ0n) is 4.95. The Bertz CT molecular complexity index is 20.2. The number of hydrogen-bond acceptors (Lipinski definition) is 1. The lowest BCUT2D eigenvalue weighted by Crippen LogP contribution is -0.856. The Balaban J connectivity index is -0.0000000257. The van der Waals surface area contributed by atoms with E-state index in [-0.39, 0.29) is 28.4 Å². The molecule has 0 aromatic heterocycles. The van der Waals surface area contributed by atoms with E-state index in [0.29, 0.717) is 0 Å². The summed E-state index contributed by atoms with van der Waals surface area (Å²) in [5.74, 6) is 0. The maximum atomic E-state index is 1.50. The van der Waals surface area contributed by atoms with Crippen LogP contribution >= 0.6 is 0 Å². The maximum absolute atomic E-state index is 1.50. The fourth-order valence-corrected chi connectivity index (χ4v) is 0. The van der Waals surface area contributed by atoms with Crippen LogP contribution in [0.25, 0.3) is 0 Å². The topological polar surface area (TPSA) is 35.0 Å². The van der Waals surface area contributed by atoms with Crippen molar-refractivity contribution in [3.63, 3.8) is 0 Å². The average molecular weight is 149 g/mol. The second kappa shape index (κ2) is 16.0. The molecule has 0 radical (unpaired) electrons. The second-order valence-electron chi connectivity index (χ2n) is 2.12. The summed E-state index contributed by atoms with van der Waals surface area (Å²) >= 11 is 0. The van der Waals surface area contributed by atoms with Crippen LogP contribution in [0.4, 0.5) is 0 Å². The first-order chi connectivity index (χ1) is 3.00. The van der Waals surface area contributed by atoms with Crippen molar-refractivity contribution in [2.75, 3.05) is 0 Å². The van der Waals surface area contributed by atoms with E-state index in [0.717, 1.165) is 0 Å². The molecule has 0 atom stereocenters. The van der Waals surface area contributed by atoms with Gasteiger partial charge in [-0.05, 0) is 0 Å². The van der Waals surface area contributed by atoms with Crippen LogP contribution in [0, 0.1) is 0 Å². The van der Waals surface area contributed by atoms with Crippen molar-refractivity contribution in [3.8, 4) is 0 Å². The first-order valence-corrected chi connectivity index (χ1v) is 3.00. The van der Waals surface area contributed by atoms with Crippen LogP contribution in [0.5, 0.6) is 0 Å². The van der Waals surface area contributed by atoms with Gasteiger partial charge in [-0.15, -0.1) is 0 Å². The van der Waals surface area contributed by atoms with E-state index in [2.05, 4.69) is 0 Å². The maximum Gasteiger partial charge on any atom is -0.0533 e. The van der Waals surface area contributed by atoms with Crippen molar-refractivity contribution >= 4 is 0 Å². The summed E-state index contributed by atoms with van der Waals surface area (Å²) in [6, 6.07) is 0. The predicted octanol–water partition coefficient (Wildman–Crippen LogP) is 4.41. The summed E-state index contributed by atoms with van der Waals surface area (Å²) in [7, 11) is 0. The van der Waals surface area contributed by atoms with Crippen LogP contribution in [0.3, 0.4) is 0 Å². The van der Waals surface area contributed by atoms with Gasteiger partial charge in [0.25, 0.3) is 0 Å². The molecule has 10 heavy (non-hydrogen) atoms. The van der Waals surface area contributed by atoms with Crippen molar-refractivity contribution in [3.05, 3.63) is 0 Å². The van der Waals surface area contributed by atoms with Gasteiger partial charge in [-0.1, -0.05) is 60.8 Å². The SMILES string of the molecule is C.C.C.C1CC1.C1CC1.N. The van der Waals surface area contributed by atoms with Gasteiger partial charge in [-0.25, -0.2) is 0 Å². The van der Waals surface area contributed by atoms with Gasteiger partial charge in [0.15, 0.2) is 0 Å². The standard InChI is InChI=1S/2C3H6.3CH4.H3N/c2*1-2-3-1;;;;/h2*1-3H2;3*1H4;1H3. The van der Waals surface area contributed by atoms with Crippen molar-refractivity contribution < 1.29 is 0 Å². The van der Waals surface area contributed by atoms with Crippen molar-refractivity contribution in [2.45, 2.75) is 60.8 Å². The molecule has 0 aromatic rings. The van der Waals surface area contributed by atoms with E-state index < -0.39 is 0 Å². The monoisotopic (exact) mass is 149 g/mol. The Labute approximate surface area is 67.8 Å². The lowest BCUT2D eigenvalue weighted by molar-refractivity contribution is 1.50. The van der Waals surface area contributed by atoms with Gasteiger partial charge < -0.3 is 6.15 Å². The second-order valence-corrected chi connectivity index (χ2v) is 2.12. The Morgan fingerprint density at radius 1 is 0.400 bits per heavy atom. The smallest absolute Gasteiger partial charge is 0.0533 e. The van der Waals surface area contributed by atoms with Crippen molar-refractivity contribution in [2.24, 2.45) is 0 Å². The average Bonchev–Trinajstić information content (AvgIpc) is 2.31. The summed E-state index contributed by atoms with van der Waals surface area (Å²) < 4.78 is 0. The minimum absolute atomic E-state index is 0. The molecule has 0 saturated heterocycles. The zero-order chi connectivity index (χ0) is 4.24. The van der Waals surface area contributed by atoms with E-state index in [1.165, 1.54) is 38.5 Å². The van der Waals surface area contributed by atoms with E-state index >= 15 is 0 Å². The zero-order valence-corrected chi connectivity index (χ0v) is 4.95. The molecule has 0 aromatic carbocycles. The van der Waals surface area contributed by atoms with Crippen LogP contribution in [-0.2, 0) is 0 Å². The lowest BCUT2D eigenvalue weighted by atomic mass is 11.0. The highest BCUT2D eigenvalue weighted by Gasteiger charge is 1.95. The summed E-state index contributed by atoms with van der Waals surface area (Å²) in [5.41, 5.74) is 0. The van der Waals surface area contributed by atoms with E-state index in [9.17, 15) is 0 Å². The normalized spacial score (nSPS) is 14.4. The van der Waals surface area contributed by atoms with Gasteiger partial charge in [-0.3, -0.25) is 0 Å². The quantitative estimate of drug-likeness (QED) is 0.544. The fourth-order valence-electron chi connectivity index (χ4n) is 0. The fraction of sp³-hybridized carbons (Fsp3) is 1.00. The Kier molecular flexibility index (Phi) is 36.0. The third-order valence-corrected chi connectivity index (χ3v) is 0.707. The Morgan fingerprint density at radius 3 is 0.500 bits per heavy atom. The molecule has 0 bridgehead atoms. The van der Waals surface area contributed by atoms with E-state index in [1.807, 2.05) is 0 Å². The molecule has 2 fully saturated rings. The van der Waals surface area contributed by atoms with E-state index in [4.69, 9.17) is 0 Å². The molecule has 1 nitrogen and oxygen atoms in total. The van der Waals surface area contributed by atoms with Crippen LogP contribution in [0.1, 0.15) is 60.8 Å². The molecule has 2 rings (SSSR count). The number of rotatable bonds is 0. The Morgan fingerprint density at radius 2 is 0.500 bits per heavy atom. The minimum Gasteiger partial charge on any atom is -0.344 e. The first kappa shape index (κ1) is 22.5. The molecule has 2 saturated carbocycles. The van der Waals surface area contributed by atoms with Crippen LogP contribution < -0.4 is 6.15 Å².